The molecule has 0 aliphatic heterocycles. The summed E-state index contributed by atoms with van der Waals surface area (Å²) in [5.74, 6) is -0.958. The number of pyridine rings is 1. The fourth-order valence-electron chi connectivity index (χ4n) is 1.62. The molecule has 1 aromatic heterocycles. The predicted octanol–water partition coefficient (Wildman–Crippen LogP) is 2.83. The Labute approximate surface area is 119 Å². The van der Waals surface area contributed by atoms with Gasteiger partial charge in [0.1, 0.15) is 0 Å². The van der Waals surface area contributed by atoms with Gasteiger partial charge in [0.05, 0.1) is 11.3 Å². The van der Waals surface area contributed by atoms with E-state index in [1.165, 1.54) is 11.8 Å². The van der Waals surface area contributed by atoms with Crippen LogP contribution < -0.4 is 5.32 Å². The van der Waals surface area contributed by atoms with Gasteiger partial charge >= 0.3 is 5.97 Å². The molecule has 0 bridgehead atoms. The number of aromatic nitrogens is 1. The number of carboxylic acids is 1. The maximum atomic E-state index is 10.7. The van der Waals surface area contributed by atoms with Crippen molar-refractivity contribution in [2.45, 2.75) is 13.1 Å². The third-order valence-electron chi connectivity index (χ3n) is 2.65. The van der Waals surface area contributed by atoms with E-state index in [9.17, 15) is 4.79 Å². The number of benzene rings is 1. The summed E-state index contributed by atoms with van der Waals surface area (Å²) in [5, 5.41) is 12.0. The van der Waals surface area contributed by atoms with Crippen molar-refractivity contribution in [1.29, 1.82) is 0 Å². The highest BCUT2D eigenvalue weighted by atomic mass is 79.9. The van der Waals surface area contributed by atoms with Crippen LogP contribution >= 0.6 is 15.9 Å². The van der Waals surface area contributed by atoms with Crippen molar-refractivity contribution in [3.8, 4) is 0 Å². The van der Waals surface area contributed by atoms with Crippen LogP contribution in [0, 0.1) is 0 Å². The van der Waals surface area contributed by atoms with Crippen LogP contribution in [0.25, 0.3) is 0 Å². The molecule has 1 heterocycles. The van der Waals surface area contributed by atoms with Crippen LogP contribution in [0.15, 0.2) is 47.1 Å². The number of halogens is 1. The molecule has 2 aromatic rings. The molecule has 2 N–H and O–H groups in total. The maximum absolute atomic E-state index is 10.7. The Morgan fingerprint density at radius 3 is 2.63 bits per heavy atom. The molecule has 19 heavy (non-hydrogen) atoms. The van der Waals surface area contributed by atoms with Gasteiger partial charge in [0.25, 0.3) is 0 Å². The molecule has 0 saturated heterocycles. The van der Waals surface area contributed by atoms with E-state index in [0.29, 0.717) is 6.54 Å². The minimum Gasteiger partial charge on any atom is -0.478 e. The summed E-state index contributed by atoms with van der Waals surface area (Å²) < 4.78 is 1.07. The summed E-state index contributed by atoms with van der Waals surface area (Å²) >= 11 is 3.49. The first-order chi connectivity index (χ1) is 9.16. The van der Waals surface area contributed by atoms with E-state index >= 15 is 0 Å². The highest BCUT2D eigenvalue weighted by Gasteiger charge is 2.03. The summed E-state index contributed by atoms with van der Waals surface area (Å²) in [6.45, 7) is 1.32. The lowest BCUT2D eigenvalue weighted by atomic mass is 10.2. The third kappa shape index (κ3) is 3.87. The van der Waals surface area contributed by atoms with Gasteiger partial charge in [-0.2, -0.15) is 0 Å². The molecule has 0 saturated carbocycles. The fraction of sp³-hybridized carbons (Fsp3) is 0.143. The minimum absolute atomic E-state index is 0.203. The molecule has 1 aromatic carbocycles. The van der Waals surface area contributed by atoms with Crippen molar-refractivity contribution in [2.24, 2.45) is 0 Å². The Morgan fingerprint density at radius 2 is 2.00 bits per heavy atom. The van der Waals surface area contributed by atoms with E-state index in [4.69, 9.17) is 5.11 Å². The predicted molar refractivity (Wildman–Crippen MR) is 75.9 cm³/mol. The number of nitrogens with one attached hydrogen (secondary N) is 1. The summed E-state index contributed by atoms with van der Waals surface area (Å²) in [4.78, 5) is 14.8. The van der Waals surface area contributed by atoms with Crippen LogP contribution in [0.4, 0.5) is 0 Å². The van der Waals surface area contributed by atoms with Crippen LogP contribution in [-0.4, -0.2) is 16.1 Å². The molecule has 98 valence electrons. The van der Waals surface area contributed by atoms with Crippen molar-refractivity contribution in [3.63, 3.8) is 0 Å². The lowest BCUT2D eigenvalue weighted by Gasteiger charge is -2.06. The Balaban J connectivity index is 1.89. The highest BCUT2D eigenvalue weighted by Crippen LogP contribution is 2.15. The molecular formula is C14H13BrN2O2. The van der Waals surface area contributed by atoms with Gasteiger partial charge in [0, 0.05) is 23.8 Å². The maximum Gasteiger partial charge on any atom is 0.337 e. The smallest absolute Gasteiger partial charge is 0.337 e. The van der Waals surface area contributed by atoms with Crippen molar-refractivity contribution in [3.05, 3.63) is 63.9 Å². The Hall–Kier alpha value is -1.72. The number of carbonyl (C=O) groups is 1. The Kier molecular flexibility index (Phi) is 4.65. The summed E-state index contributed by atoms with van der Waals surface area (Å²) in [6.07, 6.45) is 1.37. The molecule has 0 spiro atoms. The van der Waals surface area contributed by atoms with E-state index in [2.05, 4.69) is 26.2 Å². The molecule has 0 atom stereocenters. The third-order valence-corrected chi connectivity index (χ3v) is 3.42. The molecule has 4 nitrogen and oxygen atoms in total. The van der Waals surface area contributed by atoms with Crippen molar-refractivity contribution in [2.75, 3.05) is 0 Å². The SMILES string of the molecule is O=C(O)c1ccc(CNCc2ccccc2Br)nc1. The van der Waals surface area contributed by atoms with Crippen molar-refractivity contribution >= 4 is 21.9 Å². The average molecular weight is 321 g/mol. The van der Waals surface area contributed by atoms with Gasteiger partial charge in [-0.15, -0.1) is 0 Å². The summed E-state index contributed by atoms with van der Waals surface area (Å²) in [7, 11) is 0. The van der Waals surface area contributed by atoms with E-state index in [-0.39, 0.29) is 5.56 Å². The van der Waals surface area contributed by atoms with E-state index in [1.54, 1.807) is 12.1 Å². The van der Waals surface area contributed by atoms with Gasteiger partial charge in [0.2, 0.25) is 0 Å². The lowest BCUT2D eigenvalue weighted by molar-refractivity contribution is 0.0696. The molecule has 5 heteroatoms. The number of carboxylic acid groups (broad SMARTS) is 1. The standard InChI is InChI=1S/C14H13BrN2O2/c15-13-4-2-1-3-10(13)7-16-9-12-6-5-11(8-17-12)14(18)19/h1-6,8,16H,7,9H2,(H,18,19). The average Bonchev–Trinajstić information content (AvgIpc) is 2.41. The molecule has 0 unspecified atom stereocenters. The number of rotatable bonds is 5. The topological polar surface area (TPSA) is 62.2 Å². The zero-order valence-electron chi connectivity index (χ0n) is 10.1. The van der Waals surface area contributed by atoms with E-state index < -0.39 is 5.97 Å². The van der Waals surface area contributed by atoms with Crippen LogP contribution in [0.3, 0.4) is 0 Å². The number of hydrogen-bond acceptors (Lipinski definition) is 3. The second-order valence-corrected chi connectivity index (χ2v) is 4.89. The van der Waals surface area contributed by atoms with Gasteiger partial charge in [-0.25, -0.2) is 4.79 Å². The zero-order valence-corrected chi connectivity index (χ0v) is 11.7. The van der Waals surface area contributed by atoms with E-state index in [0.717, 1.165) is 16.7 Å². The molecule has 0 fully saturated rings. The lowest BCUT2D eigenvalue weighted by Crippen LogP contribution is -2.14. The van der Waals surface area contributed by atoms with Gasteiger partial charge in [-0.1, -0.05) is 34.1 Å². The highest BCUT2D eigenvalue weighted by molar-refractivity contribution is 9.10. The van der Waals surface area contributed by atoms with Gasteiger partial charge in [-0.05, 0) is 23.8 Å². The molecular weight excluding hydrogens is 308 g/mol. The number of aromatic carboxylic acids is 1. The summed E-state index contributed by atoms with van der Waals surface area (Å²) in [5.41, 5.74) is 2.19. The molecule has 0 radical (unpaired) electrons. The second-order valence-electron chi connectivity index (χ2n) is 4.04. The first-order valence-electron chi connectivity index (χ1n) is 5.79. The first-order valence-corrected chi connectivity index (χ1v) is 6.58. The fourth-order valence-corrected chi connectivity index (χ4v) is 2.05. The van der Waals surface area contributed by atoms with Gasteiger partial charge in [0.15, 0.2) is 0 Å². The second kappa shape index (κ2) is 6.45. The summed E-state index contributed by atoms with van der Waals surface area (Å²) in [6, 6.07) is 11.3. The normalized spacial score (nSPS) is 10.4. The minimum atomic E-state index is -0.958. The number of nitrogens with zero attached hydrogens (tertiary/aromatic N) is 1. The Bertz CT molecular complexity index is 570. The largest absolute Gasteiger partial charge is 0.478 e. The van der Waals surface area contributed by atoms with Gasteiger partial charge in [-0.3, -0.25) is 4.98 Å². The molecule has 0 amide bonds. The van der Waals surface area contributed by atoms with Crippen molar-refractivity contribution < 1.29 is 9.90 Å². The monoisotopic (exact) mass is 320 g/mol. The van der Waals surface area contributed by atoms with Crippen LogP contribution in [0.5, 0.6) is 0 Å². The van der Waals surface area contributed by atoms with Crippen LogP contribution in [0.1, 0.15) is 21.6 Å². The molecule has 0 aliphatic carbocycles. The quantitative estimate of drug-likeness (QED) is 0.889. The van der Waals surface area contributed by atoms with Crippen molar-refractivity contribution in [1.82, 2.24) is 10.3 Å². The molecule has 0 aliphatic rings. The van der Waals surface area contributed by atoms with Crippen LogP contribution in [-0.2, 0) is 13.1 Å². The van der Waals surface area contributed by atoms with E-state index in [1.807, 2.05) is 24.3 Å². The first kappa shape index (κ1) is 13.7. The zero-order chi connectivity index (χ0) is 13.7. The number of hydrogen-bond donors (Lipinski definition) is 2. The van der Waals surface area contributed by atoms with Gasteiger partial charge < -0.3 is 10.4 Å². The molecule has 2 rings (SSSR count). The Morgan fingerprint density at radius 1 is 1.21 bits per heavy atom. The van der Waals surface area contributed by atoms with Crippen LogP contribution in [0.2, 0.25) is 0 Å².